The van der Waals surface area contributed by atoms with Crippen molar-refractivity contribution in [3.63, 3.8) is 0 Å². The van der Waals surface area contributed by atoms with Gasteiger partial charge in [0, 0.05) is 16.3 Å². The first-order valence-electron chi connectivity index (χ1n) is 6.14. The first kappa shape index (κ1) is 14.5. The lowest BCUT2D eigenvalue weighted by Crippen LogP contribution is -2.02. The number of nitrogen functional groups attached to an aromatic ring is 1. The summed E-state index contributed by atoms with van der Waals surface area (Å²) in [5.74, 6) is 1.72. The summed E-state index contributed by atoms with van der Waals surface area (Å²) in [7, 11) is 1.60. The van der Waals surface area contributed by atoms with Gasteiger partial charge in [0.15, 0.2) is 11.5 Å². The number of rotatable bonds is 6. The van der Waals surface area contributed by atoms with Gasteiger partial charge in [-0.05, 0) is 30.3 Å². The molecule has 0 bridgehead atoms. The van der Waals surface area contributed by atoms with Gasteiger partial charge in [0.25, 0.3) is 0 Å². The Hall–Kier alpha value is -1.88. The monoisotopic (exact) mass is 293 g/mol. The largest absolute Gasteiger partial charge is 0.493 e. The lowest BCUT2D eigenvalue weighted by Gasteiger charge is -2.10. The molecule has 0 saturated heterocycles. The van der Waals surface area contributed by atoms with Gasteiger partial charge < -0.3 is 15.2 Å². The summed E-state index contributed by atoms with van der Waals surface area (Å²) < 4.78 is 24.4. The number of methoxy groups -OCH3 is 1. The topological polar surface area (TPSA) is 44.5 Å². The zero-order valence-corrected chi connectivity index (χ0v) is 12.0. The molecule has 2 rings (SSSR count). The second-order valence-corrected chi connectivity index (χ2v) is 5.17. The molecule has 0 aliphatic rings. The molecule has 106 valence electrons. The van der Waals surface area contributed by atoms with Crippen LogP contribution >= 0.6 is 11.8 Å². The van der Waals surface area contributed by atoms with Crippen LogP contribution in [0.15, 0.2) is 47.4 Å². The van der Waals surface area contributed by atoms with Crippen LogP contribution in [0.1, 0.15) is 0 Å². The van der Waals surface area contributed by atoms with Gasteiger partial charge in [0.2, 0.25) is 0 Å². The van der Waals surface area contributed by atoms with Crippen LogP contribution in [-0.4, -0.2) is 19.5 Å². The molecule has 0 amide bonds. The van der Waals surface area contributed by atoms with E-state index in [4.69, 9.17) is 15.2 Å². The molecule has 0 heterocycles. The van der Waals surface area contributed by atoms with Crippen molar-refractivity contribution in [2.24, 2.45) is 0 Å². The average molecular weight is 293 g/mol. The number of anilines is 1. The summed E-state index contributed by atoms with van der Waals surface area (Å²) in [6.07, 6.45) is 0. The minimum Gasteiger partial charge on any atom is -0.493 e. The Balaban J connectivity index is 1.84. The summed E-state index contributed by atoms with van der Waals surface area (Å²) in [4.78, 5) is 0.572. The zero-order valence-electron chi connectivity index (χ0n) is 11.1. The standard InChI is InChI=1S/C15H16FNO2S/c1-18-13-4-2-3-5-14(13)19-8-9-20-15-7-6-11(17)10-12(15)16/h2-7,10H,8-9,17H2,1H3. The fourth-order valence-corrected chi connectivity index (χ4v) is 2.42. The molecule has 0 saturated carbocycles. The van der Waals surface area contributed by atoms with Gasteiger partial charge in [-0.25, -0.2) is 4.39 Å². The van der Waals surface area contributed by atoms with Crippen LogP contribution in [0.4, 0.5) is 10.1 Å². The van der Waals surface area contributed by atoms with Crippen LogP contribution in [0.25, 0.3) is 0 Å². The molecule has 0 aliphatic heterocycles. The molecule has 5 heteroatoms. The van der Waals surface area contributed by atoms with Gasteiger partial charge in [0.05, 0.1) is 13.7 Å². The quantitative estimate of drug-likeness (QED) is 0.502. The maximum Gasteiger partial charge on any atom is 0.161 e. The second kappa shape index (κ2) is 7.05. The van der Waals surface area contributed by atoms with Crippen molar-refractivity contribution >= 4 is 17.4 Å². The number of hydrogen-bond donors (Lipinski definition) is 1. The number of para-hydroxylation sites is 2. The van der Waals surface area contributed by atoms with Crippen LogP contribution in [-0.2, 0) is 0 Å². The predicted octanol–water partition coefficient (Wildman–Crippen LogP) is 3.59. The van der Waals surface area contributed by atoms with Crippen LogP contribution in [0.3, 0.4) is 0 Å². The van der Waals surface area contributed by atoms with Crippen molar-refractivity contribution in [3.05, 3.63) is 48.3 Å². The predicted molar refractivity (Wildman–Crippen MR) is 80.0 cm³/mol. The van der Waals surface area contributed by atoms with Crippen molar-refractivity contribution in [1.29, 1.82) is 0 Å². The Labute approximate surface area is 121 Å². The molecule has 3 nitrogen and oxygen atoms in total. The van der Waals surface area contributed by atoms with E-state index in [9.17, 15) is 4.39 Å². The SMILES string of the molecule is COc1ccccc1OCCSc1ccc(N)cc1F. The van der Waals surface area contributed by atoms with Crippen LogP contribution in [0.5, 0.6) is 11.5 Å². The molecule has 0 unspecified atom stereocenters. The molecule has 2 aromatic rings. The van der Waals surface area contributed by atoms with E-state index in [2.05, 4.69) is 0 Å². The summed E-state index contributed by atoms with van der Waals surface area (Å²) in [6.45, 7) is 0.467. The highest BCUT2D eigenvalue weighted by Gasteiger charge is 2.05. The van der Waals surface area contributed by atoms with Gasteiger partial charge in [-0.3, -0.25) is 0 Å². The van der Waals surface area contributed by atoms with Gasteiger partial charge in [-0.2, -0.15) is 0 Å². The Kier molecular flexibility index (Phi) is 5.12. The van der Waals surface area contributed by atoms with E-state index in [1.165, 1.54) is 17.8 Å². The molecular formula is C15H16FNO2S. The number of hydrogen-bond acceptors (Lipinski definition) is 4. The molecule has 0 aliphatic carbocycles. The minimum atomic E-state index is -0.299. The lowest BCUT2D eigenvalue weighted by molar-refractivity contribution is 0.313. The lowest BCUT2D eigenvalue weighted by atomic mass is 10.3. The maximum atomic E-state index is 13.6. The molecule has 20 heavy (non-hydrogen) atoms. The Morgan fingerprint density at radius 2 is 1.90 bits per heavy atom. The van der Waals surface area contributed by atoms with Crippen molar-refractivity contribution in [2.75, 3.05) is 25.2 Å². The van der Waals surface area contributed by atoms with E-state index >= 15 is 0 Å². The van der Waals surface area contributed by atoms with Crippen molar-refractivity contribution < 1.29 is 13.9 Å². The molecule has 0 spiro atoms. The smallest absolute Gasteiger partial charge is 0.161 e. The van der Waals surface area contributed by atoms with E-state index in [1.807, 2.05) is 24.3 Å². The number of thioether (sulfide) groups is 1. The number of nitrogens with two attached hydrogens (primary N) is 1. The highest BCUT2D eigenvalue weighted by atomic mass is 32.2. The molecule has 0 atom stereocenters. The van der Waals surface area contributed by atoms with Crippen LogP contribution < -0.4 is 15.2 Å². The zero-order chi connectivity index (χ0) is 14.4. The van der Waals surface area contributed by atoms with Crippen molar-refractivity contribution in [2.45, 2.75) is 4.90 Å². The number of ether oxygens (including phenoxy) is 2. The Bertz CT molecular complexity index is 578. The summed E-state index contributed by atoms with van der Waals surface area (Å²) >= 11 is 1.39. The fourth-order valence-electron chi connectivity index (χ4n) is 1.68. The first-order chi connectivity index (χ1) is 9.70. The molecule has 0 fully saturated rings. The van der Waals surface area contributed by atoms with Crippen LogP contribution in [0, 0.1) is 5.82 Å². The van der Waals surface area contributed by atoms with Crippen molar-refractivity contribution in [1.82, 2.24) is 0 Å². The minimum absolute atomic E-state index is 0.299. The van der Waals surface area contributed by atoms with Gasteiger partial charge in [0.1, 0.15) is 5.82 Å². The number of benzene rings is 2. The maximum absolute atomic E-state index is 13.6. The Morgan fingerprint density at radius 3 is 2.60 bits per heavy atom. The highest BCUT2D eigenvalue weighted by Crippen LogP contribution is 2.27. The van der Waals surface area contributed by atoms with Crippen molar-refractivity contribution in [3.8, 4) is 11.5 Å². The van der Waals surface area contributed by atoms with E-state index in [-0.39, 0.29) is 5.82 Å². The normalized spacial score (nSPS) is 10.3. The second-order valence-electron chi connectivity index (χ2n) is 4.04. The fraction of sp³-hybridized carbons (Fsp3) is 0.200. The molecule has 0 aromatic heterocycles. The molecule has 2 aromatic carbocycles. The third-order valence-corrected chi connectivity index (χ3v) is 3.64. The van der Waals surface area contributed by atoms with E-state index in [1.54, 1.807) is 19.2 Å². The van der Waals surface area contributed by atoms with E-state index in [0.717, 1.165) is 0 Å². The van der Waals surface area contributed by atoms with E-state index in [0.29, 0.717) is 34.4 Å². The van der Waals surface area contributed by atoms with Gasteiger partial charge in [-0.15, -0.1) is 11.8 Å². The third kappa shape index (κ3) is 3.81. The van der Waals surface area contributed by atoms with Crippen LogP contribution in [0.2, 0.25) is 0 Å². The number of halogens is 1. The molecular weight excluding hydrogens is 277 g/mol. The van der Waals surface area contributed by atoms with E-state index < -0.39 is 0 Å². The summed E-state index contributed by atoms with van der Waals surface area (Å²) in [5.41, 5.74) is 5.93. The summed E-state index contributed by atoms with van der Waals surface area (Å²) in [5, 5.41) is 0. The average Bonchev–Trinajstić information content (AvgIpc) is 2.46. The molecule has 0 radical (unpaired) electrons. The van der Waals surface area contributed by atoms with Gasteiger partial charge in [-0.1, -0.05) is 12.1 Å². The first-order valence-corrected chi connectivity index (χ1v) is 7.13. The Morgan fingerprint density at radius 1 is 1.15 bits per heavy atom. The molecule has 2 N–H and O–H groups in total. The third-order valence-electron chi connectivity index (χ3n) is 2.62. The summed E-state index contributed by atoms with van der Waals surface area (Å²) in [6, 6.07) is 12.1. The highest BCUT2D eigenvalue weighted by molar-refractivity contribution is 7.99. The van der Waals surface area contributed by atoms with Gasteiger partial charge >= 0.3 is 0 Å².